The molecule has 0 saturated heterocycles. The number of pyridine rings is 1. The van der Waals surface area contributed by atoms with Crippen molar-refractivity contribution in [2.24, 2.45) is 5.41 Å². The molecule has 0 fully saturated rings. The van der Waals surface area contributed by atoms with Crippen LogP contribution in [0.25, 0.3) is 22.2 Å². The van der Waals surface area contributed by atoms with Gasteiger partial charge in [0, 0.05) is 41.0 Å². The normalized spacial score (nSPS) is 11.7. The first-order valence-corrected chi connectivity index (χ1v) is 13.4. The maximum atomic E-state index is 13.9. The number of nitriles is 1. The highest BCUT2D eigenvalue weighted by molar-refractivity contribution is 6.35. The molecule has 216 valence electrons. The molecule has 0 radical (unpaired) electrons. The third kappa shape index (κ3) is 6.70. The molecule has 2 heterocycles. The number of anilines is 2. The Hall–Kier alpha value is -4.88. The molecule has 0 bridgehead atoms. The van der Waals surface area contributed by atoms with E-state index in [1.54, 1.807) is 48.7 Å². The number of benzene rings is 2. The second-order valence-corrected chi connectivity index (χ2v) is 11.0. The Kier molecular flexibility index (Phi) is 8.83. The third-order valence-electron chi connectivity index (χ3n) is 6.36. The predicted octanol–water partition coefficient (Wildman–Crippen LogP) is 5.39. The highest BCUT2D eigenvalue weighted by atomic mass is 35.5. The molecule has 11 heteroatoms. The second-order valence-electron chi connectivity index (χ2n) is 10.7. The highest BCUT2D eigenvalue weighted by Gasteiger charge is 2.19. The lowest BCUT2D eigenvalue weighted by Crippen LogP contribution is -2.24. The number of fused-ring (bicyclic) bond motifs is 1. The highest BCUT2D eigenvalue weighted by Crippen LogP contribution is 2.38. The van der Waals surface area contributed by atoms with E-state index in [1.807, 2.05) is 32.9 Å². The van der Waals surface area contributed by atoms with Crippen LogP contribution in [0.5, 0.6) is 11.5 Å². The van der Waals surface area contributed by atoms with E-state index in [0.717, 1.165) is 5.56 Å². The van der Waals surface area contributed by atoms with E-state index >= 15 is 0 Å². The molecule has 1 amide bonds. The van der Waals surface area contributed by atoms with E-state index in [-0.39, 0.29) is 34.1 Å². The van der Waals surface area contributed by atoms with Crippen LogP contribution in [-0.2, 0) is 17.8 Å². The van der Waals surface area contributed by atoms with Crippen molar-refractivity contribution in [1.82, 2.24) is 14.5 Å². The first-order chi connectivity index (χ1) is 19.9. The number of nitrogens with one attached hydrogen (secondary N) is 1. The number of ether oxygens (including phenoxy) is 2. The minimum absolute atomic E-state index is 0.0331. The molecule has 0 aliphatic rings. The maximum Gasteiger partial charge on any atom is 0.265 e. The van der Waals surface area contributed by atoms with Gasteiger partial charge >= 0.3 is 0 Å². The van der Waals surface area contributed by atoms with E-state index in [1.165, 1.54) is 18.8 Å². The van der Waals surface area contributed by atoms with Gasteiger partial charge in [0.2, 0.25) is 5.95 Å². The fourth-order valence-electron chi connectivity index (χ4n) is 4.43. The minimum Gasteiger partial charge on any atom is -0.497 e. The smallest absolute Gasteiger partial charge is 0.265 e. The summed E-state index contributed by atoms with van der Waals surface area (Å²) in [4.78, 5) is 35.1. The zero-order valence-corrected chi connectivity index (χ0v) is 24.7. The molecule has 10 nitrogen and oxygen atoms in total. The predicted molar refractivity (Wildman–Crippen MR) is 164 cm³/mol. The number of aryl methyl sites for hydroxylation is 2. The SMILES string of the molecule is COc1cc(OC)c(Cl)c(-c2cc3cnc(N)nc3n(CCc3cccc(NC(=O)/C(C#N)=C/C(C)(C)C)c3)c2=O)c1. The van der Waals surface area contributed by atoms with E-state index in [4.69, 9.17) is 26.8 Å². The molecule has 4 aromatic rings. The first-order valence-electron chi connectivity index (χ1n) is 13.0. The molecule has 0 saturated carbocycles. The average molecular weight is 587 g/mol. The van der Waals surface area contributed by atoms with Crippen molar-refractivity contribution < 1.29 is 14.3 Å². The second kappa shape index (κ2) is 12.3. The minimum atomic E-state index is -0.489. The zero-order valence-electron chi connectivity index (χ0n) is 24.0. The molecule has 3 N–H and O–H groups in total. The van der Waals surface area contributed by atoms with Crippen molar-refractivity contribution in [3.8, 4) is 28.7 Å². The molecule has 0 unspecified atom stereocenters. The van der Waals surface area contributed by atoms with Gasteiger partial charge in [-0.2, -0.15) is 10.2 Å². The van der Waals surface area contributed by atoms with Crippen LogP contribution >= 0.6 is 11.6 Å². The number of carbonyl (C=O) groups is 1. The summed E-state index contributed by atoms with van der Waals surface area (Å²) in [5.41, 5.74) is 7.74. The Morgan fingerprint density at radius 2 is 1.93 bits per heavy atom. The van der Waals surface area contributed by atoms with Crippen LogP contribution in [-0.4, -0.2) is 34.7 Å². The van der Waals surface area contributed by atoms with Gasteiger partial charge in [0.1, 0.15) is 28.8 Å². The summed E-state index contributed by atoms with van der Waals surface area (Å²) in [6.45, 7) is 5.98. The summed E-state index contributed by atoms with van der Waals surface area (Å²) in [7, 11) is 3.00. The molecule has 42 heavy (non-hydrogen) atoms. The number of halogens is 1. The number of hydrogen-bond donors (Lipinski definition) is 2. The molecule has 4 rings (SSSR count). The third-order valence-corrected chi connectivity index (χ3v) is 6.75. The topological polar surface area (TPSA) is 145 Å². The van der Waals surface area contributed by atoms with Gasteiger partial charge in [-0.25, -0.2) is 4.98 Å². The lowest BCUT2D eigenvalue weighted by molar-refractivity contribution is -0.112. The molecule has 2 aromatic heterocycles. The van der Waals surface area contributed by atoms with Crippen molar-refractivity contribution in [3.63, 3.8) is 0 Å². The van der Waals surface area contributed by atoms with Crippen molar-refractivity contribution in [1.29, 1.82) is 5.26 Å². The standard InChI is InChI=1S/C31H31ClN6O4/c1-31(2,3)15-20(16-33)28(39)36-21-8-6-7-18(11-21)9-10-38-27-19(17-35-30(34)37-27)12-24(29(38)40)23-13-22(41-4)14-25(42-5)26(23)32/h6-8,11-15,17H,9-10H2,1-5H3,(H,36,39)(H2,34,35,37)/b20-15+. The number of hydrogen-bond acceptors (Lipinski definition) is 8. The lowest BCUT2D eigenvalue weighted by atomic mass is 9.93. The summed E-state index contributed by atoms with van der Waals surface area (Å²) in [5, 5.41) is 13.1. The van der Waals surface area contributed by atoms with Crippen LogP contribution in [0.4, 0.5) is 11.6 Å². The fourth-order valence-corrected chi connectivity index (χ4v) is 4.72. The van der Waals surface area contributed by atoms with Crippen LogP contribution in [0.3, 0.4) is 0 Å². The quantitative estimate of drug-likeness (QED) is 0.206. The van der Waals surface area contributed by atoms with Crippen molar-refractivity contribution >= 4 is 40.2 Å². The Morgan fingerprint density at radius 1 is 1.17 bits per heavy atom. The summed E-state index contributed by atoms with van der Waals surface area (Å²) >= 11 is 6.63. The Balaban J connectivity index is 1.71. The summed E-state index contributed by atoms with van der Waals surface area (Å²) in [6.07, 6.45) is 3.61. The van der Waals surface area contributed by atoms with Crippen molar-refractivity contribution in [2.75, 3.05) is 25.3 Å². The number of nitrogen functional groups attached to an aromatic ring is 1. The number of amides is 1. The van der Waals surface area contributed by atoms with Gasteiger partial charge < -0.3 is 20.5 Å². The van der Waals surface area contributed by atoms with Gasteiger partial charge in [-0.05, 0) is 41.7 Å². The number of aromatic nitrogens is 3. The number of methoxy groups -OCH3 is 2. The van der Waals surface area contributed by atoms with Crippen LogP contribution in [0, 0.1) is 16.7 Å². The van der Waals surface area contributed by atoms with Crippen molar-refractivity contribution in [3.05, 3.63) is 81.3 Å². The van der Waals surface area contributed by atoms with Crippen LogP contribution in [0.2, 0.25) is 5.02 Å². The van der Waals surface area contributed by atoms with Gasteiger partial charge in [0.05, 0.1) is 19.2 Å². The summed E-state index contributed by atoms with van der Waals surface area (Å²) < 4.78 is 12.3. The number of nitrogens with zero attached hydrogens (tertiary/aromatic N) is 4. The molecule has 2 aromatic carbocycles. The van der Waals surface area contributed by atoms with Gasteiger partial charge in [0.15, 0.2) is 0 Å². The molecular formula is C31H31ClN6O4. The molecule has 0 aliphatic heterocycles. The van der Waals surface area contributed by atoms with Gasteiger partial charge in [-0.15, -0.1) is 0 Å². The molecule has 0 spiro atoms. The molecule has 0 atom stereocenters. The lowest BCUT2D eigenvalue weighted by Gasteiger charge is -2.16. The van der Waals surface area contributed by atoms with Crippen molar-refractivity contribution in [2.45, 2.75) is 33.7 Å². The van der Waals surface area contributed by atoms with E-state index in [2.05, 4.69) is 15.3 Å². The Bertz CT molecular complexity index is 1800. The van der Waals surface area contributed by atoms with E-state index in [9.17, 15) is 14.9 Å². The van der Waals surface area contributed by atoms with Crippen LogP contribution in [0.1, 0.15) is 26.3 Å². The maximum absolute atomic E-state index is 13.9. The van der Waals surface area contributed by atoms with Crippen LogP contribution < -0.4 is 26.1 Å². The summed E-state index contributed by atoms with van der Waals surface area (Å²) in [6, 6.07) is 14.2. The number of allylic oxidation sites excluding steroid dienone is 1. The van der Waals surface area contributed by atoms with E-state index in [0.29, 0.717) is 45.8 Å². The average Bonchev–Trinajstić information content (AvgIpc) is 2.95. The van der Waals surface area contributed by atoms with Crippen LogP contribution in [0.15, 0.2) is 65.1 Å². The molecular weight excluding hydrogens is 556 g/mol. The number of nitrogens with two attached hydrogens (primary N) is 1. The Labute approximate surface area is 248 Å². The first kappa shape index (κ1) is 30.1. The summed E-state index contributed by atoms with van der Waals surface area (Å²) in [5.74, 6) is 0.381. The Morgan fingerprint density at radius 3 is 2.60 bits per heavy atom. The largest absolute Gasteiger partial charge is 0.497 e. The molecule has 0 aliphatic carbocycles. The van der Waals surface area contributed by atoms with E-state index < -0.39 is 5.91 Å². The fraction of sp³-hybridized carbons (Fsp3) is 0.258. The zero-order chi connectivity index (χ0) is 30.6. The monoisotopic (exact) mass is 586 g/mol. The van der Waals surface area contributed by atoms with Gasteiger partial charge in [0.25, 0.3) is 11.5 Å². The van der Waals surface area contributed by atoms with Gasteiger partial charge in [-0.1, -0.05) is 50.6 Å². The van der Waals surface area contributed by atoms with Gasteiger partial charge in [-0.3, -0.25) is 14.2 Å². The number of rotatable bonds is 8. The number of carbonyl (C=O) groups excluding carboxylic acids is 1.